The van der Waals surface area contributed by atoms with Crippen molar-refractivity contribution >= 4 is 5.97 Å². The van der Waals surface area contributed by atoms with Crippen molar-refractivity contribution in [2.24, 2.45) is 50.7 Å². The Labute approximate surface area is 298 Å². The highest BCUT2D eigenvalue weighted by molar-refractivity contribution is 5.66. The fourth-order valence-corrected chi connectivity index (χ4v) is 14.3. The zero-order chi connectivity index (χ0) is 35.6. The van der Waals surface area contributed by atoms with E-state index in [-0.39, 0.29) is 52.0 Å². The van der Waals surface area contributed by atoms with Crippen molar-refractivity contribution in [3.8, 4) is 0 Å². The quantitative estimate of drug-likeness (QED) is 0.318. The number of aliphatic hydroxyl groups is 2. The van der Waals surface area contributed by atoms with Gasteiger partial charge < -0.3 is 34.1 Å². The SMILES string of the molecule is CC(=O)O[C@@H](C1C[C@@H](C)[C@H]2C(O1)[C@H](O)[C@@]1(C)C3CC[C@H]4C(C)(C)C(O[C@H]5CN(Cc6ncc[nH]6)CCO5)CC[C@@]45C[C@@]35CC[C@]21C)C(C)(C)O. The lowest BCUT2D eigenvalue weighted by molar-refractivity contribution is -0.249. The number of rotatable bonds is 7. The fourth-order valence-electron chi connectivity index (χ4n) is 14.3. The van der Waals surface area contributed by atoms with E-state index in [9.17, 15) is 15.0 Å². The van der Waals surface area contributed by atoms with Crippen molar-refractivity contribution in [2.45, 2.75) is 156 Å². The van der Waals surface area contributed by atoms with Gasteiger partial charge in [-0.05, 0) is 111 Å². The number of aliphatic hydroxyl groups excluding tert-OH is 1. The molecule has 2 spiro atoms. The van der Waals surface area contributed by atoms with Crippen molar-refractivity contribution < 1.29 is 34.0 Å². The van der Waals surface area contributed by atoms with Crippen LogP contribution in [-0.4, -0.2) is 93.2 Å². The number of ether oxygens (including phenoxy) is 4. The lowest BCUT2D eigenvalue weighted by Gasteiger charge is -2.64. The molecule has 0 bridgehead atoms. The zero-order valence-electron chi connectivity index (χ0n) is 31.7. The summed E-state index contributed by atoms with van der Waals surface area (Å²) < 4.78 is 25.7. The summed E-state index contributed by atoms with van der Waals surface area (Å²) >= 11 is 0. The number of H-pyrrole nitrogens is 1. The Kier molecular flexibility index (Phi) is 8.31. The summed E-state index contributed by atoms with van der Waals surface area (Å²) in [6.45, 7) is 19.9. The maximum atomic E-state index is 12.6. The average molecular weight is 698 g/mol. The Balaban J connectivity index is 1.01. The molecule has 2 saturated heterocycles. The predicted octanol–water partition coefficient (Wildman–Crippen LogP) is 5.47. The van der Waals surface area contributed by atoms with Gasteiger partial charge in [0.25, 0.3) is 0 Å². The molecule has 0 radical (unpaired) electrons. The Morgan fingerprint density at radius 2 is 1.88 bits per heavy atom. The number of aromatic nitrogens is 2. The normalized spacial score (nSPS) is 48.7. The van der Waals surface area contributed by atoms with Gasteiger partial charge in [-0.25, -0.2) is 4.98 Å². The second kappa shape index (κ2) is 11.7. The molecule has 1 aromatic rings. The van der Waals surface area contributed by atoms with E-state index in [1.807, 2.05) is 12.4 Å². The number of carbonyl (C=O) groups is 1. The van der Waals surface area contributed by atoms with Crippen LogP contribution in [0.1, 0.15) is 113 Å². The number of fused-ring (bicyclic) bond motifs is 4. The van der Waals surface area contributed by atoms with Crippen LogP contribution in [0, 0.1) is 50.7 Å². The molecule has 1 aromatic heterocycles. The van der Waals surface area contributed by atoms with Gasteiger partial charge in [0.15, 0.2) is 12.4 Å². The monoisotopic (exact) mass is 697 g/mol. The minimum Gasteiger partial charge on any atom is -0.457 e. The van der Waals surface area contributed by atoms with Crippen molar-refractivity contribution in [3.05, 3.63) is 18.2 Å². The van der Waals surface area contributed by atoms with Crippen LogP contribution in [0.4, 0.5) is 0 Å². The second-order valence-corrected chi connectivity index (χ2v) is 19.4. The highest BCUT2D eigenvalue weighted by Crippen LogP contribution is 2.89. The summed E-state index contributed by atoms with van der Waals surface area (Å²) in [7, 11) is 0. The zero-order valence-corrected chi connectivity index (χ0v) is 31.7. The lowest BCUT2D eigenvalue weighted by Crippen LogP contribution is -2.60. The molecule has 4 unspecified atom stereocenters. The fraction of sp³-hybridized carbons (Fsp3) is 0.900. The number of aromatic amines is 1. The number of esters is 1. The minimum atomic E-state index is -1.26. The molecule has 10 nitrogen and oxygen atoms in total. The maximum Gasteiger partial charge on any atom is 0.303 e. The molecule has 50 heavy (non-hydrogen) atoms. The molecule has 7 fully saturated rings. The van der Waals surface area contributed by atoms with Crippen LogP contribution in [0.5, 0.6) is 0 Å². The van der Waals surface area contributed by atoms with E-state index in [2.05, 4.69) is 49.5 Å². The van der Waals surface area contributed by atoms with Crippen LogP contribution >= 0.6 is 0 Å². The third-order valence-corrected chi connectivity index (χ3v) is 16.5. The number of nitrogens with one attached hydrogen (secondary N) is 1. The largest absolute Gasteiger partial charge is 0.457 e. The van der Waals surface area contributed by atoms with E-state index < -0.39 is 29.9 Å². The van der Waals surface area contributed by atoms with Crippen molar-refractivity contribution in [1.82, 2.24) is 14.9 Å². The van der Waals surface area contributed by atoms with Gasteiger partial charge in [0, 0.05) is 31.3 Å². The first-order valence-electron chi connectivity index (χ1n) is 19.7. The Bertz CT molecular complexity index is 1450. The molecule has 7 aliphatic rings. The van der Waals surface area contributed by atoms with Crippen LogP contribution in [0.15, 0.2) is 12.4 Å². The molecule has 14 atom stereocenters. The van der Waals surface area contributed by atoms with Crippen LogP contribution in [0.2, 0.25) is 0 Å². The van der Waals surface area contributed by atoms with E-state index >= 15 is 0 Å². The van der Waals surface area contributed by atoms with Gasteiger partial charge in [0.1, 0.15) is 5.82 Å². The molecule has 2 aliphatic heterocycles. The van der Waals surface area contributed by atoms with Gasteiger partial charge in [-0.2, -0.15) is 0 Å². The van der Waals surface area contributed by atoms with Crippen LogP contribution in [0.3, 0.4) is 0 Å². The van der Waals surface area contributed by atoms with E-state index in [0.29, 0.717) is 30.3 Å². The van der Waals surface area contributed by atoms with E-state index in [1.165, 1.54) is 26.2 Å². The molecule has 8 rings (SSSR count). The molecule has 3 heterocycles. The highest BCUT2D eigenvalue weighted by Gasteiger charge is 2.84. The molecular formula is C40H63N3O7. The predicted molar refractivity (Wildman–Crippen MR) is 186 cm³/mol. The standard InChI is InChI=1S/C40H63N3O7/c1-23-19-25(34(36(5,6)46)48-24(2)44)49-32-31(23)37(7)13-14-40-22-39(40)12-11-28(35(3,4)26(39)9-10-27(40)38(37,8)33(32)45)50-30-21-43(17-18-47-30)20-29-41-15-16-42-29/h15-16,23,25-28,30-34,45-46H,9-14,17-22H2,1-8H3,(H,41,42)/t23-,25?,26+,27?,28?,30+,31+,32?,33+,34+,37-,38-,39-,40+/m1/s1. The smallest absolute Gasteiger partial charge is 0.303 e. The molecule has 0 amide bonds. The number of hydrogen-bond acceptors (Lipinski definition) is 9. The van der Waals surface area contributed by atoms with Crippen molar-refractivity contribution in [3.63, 3.8) is 0 Å². The van der Waals surface area contributed by atoms with E-state index in [1.54, 1.807) is 13.8 Å². The summed E-state index contributed by atoms with van der Waals surface area (Å²) in [6.07, 6.45) is 10.2. The number of morpholine rings is 1. The summed E-state index contributed by atoms with van der Waals surface area (Å²) in [6, 6.07) is 0. The first-order valence-corrected chi connectivity index (χ1v) is 19.7. The van der Waals surface area contributed by atoms with Gasteiger partial charge in [-0.15, -0.1) is 0 Å². The molecule has 5 saturated carbocycles. The molecule has 5 aliphatic carbocycles. The molecule has 280 valence electrons. The number of carbonyl (C=O) groups excluding carboxylic acids is 1. The number of hydrogen-bond donors (Lipinski definition) is 3. The molecule has 10 heteroatoms. The van der Waals surface area contributed by atoms with Gasteiger partial charge in [-0.1, -0.05) is 34.6 Å². The Morgan fingerprint density at radius 1 is 1.14 bits per heavy atom. The first-order chi connectivity index (χ1) is 23.5. The van der Waals surface area contributed by atoms with Crippen LogP contribution in [-0.2, 0) is 30.3 Å². The van der Waals surface area contributed by atoms with E-state index in [0.717, 1.165) is 51.1 Å². The first kappa shape index (κ1) is 35.5. The molecule has 3 N–H and O–H groups in total. The molecule has 0 aromatic carbocycles. The van der Waals surface area contributed by atoms with E-state index in [4.69, 9.17) is 18.9 Å². The van der Waals surface area contributed by atoms with Crippen LogP contribution < -0.4 is 0 Å². The lowest BCUT2D eigenvalue weighted by atomic mass is 9.41. The number of imidazole rings is 1. The van der Waals surface area contributed by atoms with Crippen molar-refractivity contribution in [2.75, 3.05) is 19.7 Å². The summed E-state index contributed by atoms with van der Waals surface area (Å²) in [4.78, 5) is 22.1. The Morgan fingerprint density at radius 3 is 2.58 bits per heavy atom. The number of nitrogens with zero attached hydrogens (tertiary/aromatic N) is 2. The summed E-state index contributed by atoms with van der Waals surface area (Å²) in [5.41, 5.74) is -1.03. The topological polar surface area (TPSA) is 126 Å². The van der Waals surface area contributed by atoms with Crippen molar-refractivity contribution in [1.29, 1.82) is 0 Å². The minimum absolute atomic E-state index is 0.0248. The molecular weight excluding hydrogens is 634 g/mol. The summed E-state index contributed by atoms with van der Waals surface area (Å²) in [5.74, 6) is 2.05. The second-order valence-electron chi connectivity index (χ2n) is 19.4. The Hall–Kier alpha value is -1.56. The summed E-state index contributed by atoms with van der Waals surface area (Å²) in [5, 5.41) is 23.7. The highest BCUT2D eigenvalue weighted by atomic mass is 16.7. The third kappa shape index (κ3) is 4.93. The van der Waals surface area contributed by atoms with Gasteiger partial charge in [-0.3, -0.25) is 9.69 Å². The van der Waals surface area contributed by atoms with Crippen LogP contribution in [0.25, 0.3) is 0 Å². The van der Waals surface area contributed by atoms with Gasteiger partial charge >= 0.3 is 5.97 Å². The third-order valence-electron chi connectivity index (χ3n) is 16.5. The average Bonchev–Trinajstić information content (AvgIpc) is 3.33. The van der Waals surface area contributed by atoms with Gasteiger partial charge in [0.05, 0.1) is 49.7 Å². The van der Waals surface area contributed by atoms with Gasteiger partial charge in [0.2, 0.25) is 0 Å². The maximum absolute atomic E-state index is 12.6.